The fourth-order valence-electron chi connectivity index (χ4n) is 3.39. The minimum atomic E-state index is -0.294. The first kappa shape index (κ1) is 31.1. The Kier molecular flexibility index (Phi) is 13.2. The summed E-state index contributed by atoms with van der Waals surface area (Å²) >= 11 is 12.1. The molecule has 3 aromatic carbocycles. The van der Waals surface area contributed by atoms with Crippen LogP contribution in [0.4, 0.5) is 11.4 Å². The molecule has 8 heteroatoms. The van der Waals surface area contributed by atoms with Gasteiger partial charge < -0.3 is 20.8 Å². The SMILES string of the molecule is CCO.CCO.Cc1cc(Cl)cc(C)c1NC(=O)c1cccc(C(=O)Nc2c(C)cc(Cl)cc2C)c1. The second-order valence-electron chi connectivity index (χ2n) is 7.95. The minimum absolute atomic E-state index is 0.250. The van der Waals surface area contributed by atoms with Crippen molar-refractivity contribution in [1.29, 1.82) is 0 Å². The number of benzene rings is 3. The summed E-state index contributed by atoms with van der Waals surface area (Å²) in [6.07, 6.45) is 0. The molecular formula is C28H34Cl2N2O4. The van der Waals surface area contributed by atoms with Gasteiger partial charge in [-0.1, -0.05) is 29.3 Å². The lowest BCUT2D eigenvalue weighted by molar-refractivity contribution is 0.102. The number of hydrogen-bond donors (Lipinski definition) is 4. The van der Waals surface area contributed by atoms with E-state index < -0.39 is 0 Å². The number of aliphatic hydroxyl groups is 2. The molecule has 0 saturated carbocycles. The van der Waals surface area contributed by atoms with E-state index in [0.29, 0.717) is 32.5 Å². The highest BCUT2D eigenvalue weighted by Gasteiger charge is 2.15. The van der Waals surface area contributed by atoms with E-state index >= 15 is 0 Å². The Morgan fingerprint density at radius 1 is 0.667 bits per heavy atom. The average Bonchev–Trinajstić information content (AvgIpc) is 2.79. The second kappa shape index (κ2) is 15.3. The van der Waals surface area contributed by atoms with Gasteiger partial charge in [0.1, 0.15) is 0 Å². The van der Waals surface area contributed by atoms with Gasteiger partial charge in [-0.3, -0.25) is 9.59 Å². The first-order chi connectivity index (χ1) is 17.0. The van der Waals surface area contributed by atoms with E-state index in [1.54, 1.807) is 62.4 Å². The number of carbonyl (C=O) groups excluding carboxylic acids is 2. The topological polar surface area (TPSA) is 98.7 Å². The Morgan fingerprint density at radius 2 is 0.944 bits per heavy atom. The van der Waals surface area contributed by atoms with Crippen LogP contribution in [-0.4, -0.2) is 35.2 Å². The van der Waals surface area contributed by atoms with Crippen molar-refractivity contribution >= 4 is 46.4 Å². The Bertz CT molecular complexity index is 1060. The molecule has 0 aromatic heterocycles. The molecule has 36 heavy (non-hydrogen) atoms. The highest BCUT2D eigenvalue weighted by Crippen LogP contribution is 2.27. The maximum Gasteiger partial charge on any atom is 0.255 e. The number of nitrogens with one attached hydrogen (secondary N) is 2. The van der Waals surface area contributed by atoms with E-state index in [9.17, 15) is 9.59 Å². The smallest absolute Gasteiger partial charge is 0.255 e. The van der Waals surface area contributed by atoms with Gasteiger partial charge in [0.15, 0.2) is 0 Å². The van der Waals surface area contributed by atoms with Crippen LogP contribution < -0.4 is 10.6 Å². The summed E-state index contributed by atoms with van der Waals surface area (Å²) in [6.45, 7) is 11.4. The highest BCUT2D eigenvalue weighted by molar-refractivity contribution is 6.31. The number of halogens is 2. The van der Waals surface area contributed by atoms with Crippen molar-refractivity contribution in [2.75, 3.05) is 23.8 Å². The minimum Gasteiger partial charge on any atom is -0.397 e. The van der Waals surface area contributed by atoms with Crippen LogP contribution in [0.2, 0.25) is 10.0 Å². The van der Waals surface area contributed by atoms with Crippen LogP contribution in [0, 0.1) is 27.7 Å². The van der Waals surface area contributed by atoms with Crippen molar-refractivity contribution in [3.05, 3.63) is 92.0 Å². The Labute approximate surface area is 223 Å². The summed E-state index contributed by atoms with van der Waals surface area (Å²) in [5.74, 6) is -0.589. The first-order valence-electron chi connectivity index (χ1n) is 11.5. The maximum absolute atomic E-state index is 12.8. The molecule has 0 aliphatic heterocycles. The normalized spacial score (nSPS) is 9.83. The summed E-state index contributed by atoms with van der Waals surface area (Å²) in [5.41, 5.74) is 5.69. The Balaban J connectivity index is 0.000000982. The largest absolute Gasteiger partial charge is 0.397 e. The second-order valence-corrected chi connectivity index (χ2v) is 8.82. The van der Waals surface area contributed by atoms with Gasteiger partial charge in [-0.2, -0.15) is 0 Å². The van der Waals surface area contributed by atoms with Crippen LogP contribution in [-0.2, 0) is 0 Å². The fraction of sp³-hybridized carbons (Fsp3) is 0.286. The van der Waals surface area contributed by atoms with Gasteiger partial charge in [0.05, 0.1) is 0 Å². The van der Waals surface area contributed by atoms with Crippen LogP contribution >= 0.6 is 23.2 Å². The van der Waals surface area contributed by atoms with Gasteiger partial charge in [-0.15, -0.1) is 0 Å². The number of aliphatic hydroxyl groups excluding tert-OH is 2. The fourth-order valence-corrected chi connectivity index (χ4v) is 4.04. The van der Waals surface area contributed by atoms with Gasteiger partial charge in [-0.05, 0) is 106 Å². The molecule has 194 valence electrons. The zero-order valence-electron chi connectivity index (χ0n) is 21.5. The number of rotatable bonds is 4. The number of hydrogen-bond acceptors (Lipinski definition) is 4. The third-order valence-corrected chi connectivity index (χ3v) is 5.30. The lowest BCUT2D eigenvalue weighted by Crippen LogP contribution is -2.17. The summed E-state index contributed by atoms with van der Waals surface area (Å²) in [4.78, 5) is 25.6. The standard InChI is InChI=1S/C24H22Cl2N2O2.2C2H6O/c1-13-8-19(25)9-14(2)21(13)27-23(29)17-6-5-7-18(12-17)24(30)28-22-15(3)10-20(26)11-16(22)4;2*1-2-3/h5-12H,1-4H3,(H,27,29)(H,28,30);2*3H,2H2,1H3. The molecule has 0 fully saturated rings. The van der Waals surface area contributed by atoms with Crippen molar-refractivity contribution < 1.29 is 19.8 Å². The molecule has 3 rings (SSSR count). The van der Waals surface area contributed by atoms with E-state index in [2.05, 4.69) is 10.6 Å². The van der Waals surface area contributed by atoms with Crippen molar-refractivity contribution in [2.24, 2.45) is 0 Å². The molecule has 0 heterocycles. The van der Waals surface area contributed by atoms with Crippen molar-refractivity contribution in [2.45, 2.75) is 41.5 Å². The van der Waals surface area contributed by atoms with Gasteiger partial charge in [0, 0.05) is 45.8 Å². The van der Waals surface area contributed by atoms with Crippen LogP contribution in [0.5, 0.6) is 0 Å². The molecule has 2 amide bonds. The van der Waals surface area contributed by atoms with E-state index in [1.165, 1.54) is 0 Å². The summed E-state index contributed by atoms with van der Waals surface area (Å²) in [7, 11) is 0. The van der Waals surface area contributed by atoms with Crippen LogP contribution in [0.25, 0.3) is 0 Å². The van der Waals surface area contributed by atoms with Crippen LogP contribution in [0.15, 0.2) is 48.5 Å². The third kappa shape index (κ3) is 9.28. The molecule has 6 nitrogen and oxygen atoms in total. The molecule has 0 bridgehead atoms. The monoisotopic (exact) mass is 532 g/mol. The quantitative estimate of drug-likeness (QED) is 0.299. The number of anilines is 2. The van der Waals surface area contributed by atoms with Gasteiger partial charge in [-0.25, -0.2) is 0 Å². The average molecular weight is 533 g/mol. The zero-order valence-corrected chi connectivity index (χ0v) is 23.0. The molecule has 4 N–H and O–H groups in total. The third-order valence-electron chi connectivity index (χ3n) is 4.86. The highest BCUT2D eigenvalue weighted by atomic mass is 35.5. The zero-order chi connectivity index (χ0) is 27.4. The molecular weight excluding hydrogens is 499 g/mol. The molecule has 0 atom stereocenters. The van der Waals surface area contributed by atoms with E-state index in [1.807, 2.05) is 27.7 Å². The van der Waals surface area contributed by atoms with E-state index in [4.69, 9.17) is 33.4 Å². The van der Waals surface area contributed by atoms with Crippen LogP contribution in [0.3, 0.4) is 0 Å². The van der Waals surface area contributed by atoms with Crippen LogP contribution in [0.1, 0.15) is 56.8 Å². The molecule has 3 aromatic rings. The van der Waals surface area contributed by atoms with Gasteiger partial charge >= 0.3 is 0 Å². The molecule has 0 radical (unpaired) electrons. The molecule has 0 spiro atoms. The first-order valence-corrected chi connectivity index (χ1v) is 12.2. The van der Waals surface area contributed by atoms with E-state index in [0.717, 1.165) is 22.3 Å². The lowest BCUT2D eigenvalue weighted by atomic mass is 10.1. The predicted molar refractivity (Wildman–Crippen MR) is 150 cm³/mol. The van der Waals surface area contributed by atoms with Crippen molar-refractivity contribution in [3.8, 4) is 0 Å². The van der Waals surface area contributed by atoms with Gasteiger partial charge in [0.2, 0.25) is 0 Å². The molecule has 0 unspecified atom stereocenters. The number of carbonyl (C=O) groups is 2. The number of amides is 2. The summed E-state index contributed by atoms with van der Waals surface area (Å²) in [5, 5.41) is 22.2. The maximum atomic E-state index is 12.8. The summed E-state index contributed by atoms with van der Waals surface area (Å²) in [6, 6.07) is 13.8. The van der Waals surface area contributed by atoms with Crippen molar-refractivity contribution in [1.82, 2.24) is 0 Å². The molecule has 0 saturated heterocycles. The van der Waals surface area contributed by atoms with Gasteiger partial charge in [0.25, 0.3) is 11.8 Å². The van der Waals surface area contributed by atoms with E-state index in [-0.39, 0.29) is 25.0 Å². The lowest BCUT2D eigenvalue weighted by Gasteiger charge is -2.14. The van der Waals surface area contributed by atoms with Crippen molar-refractivity contribution in [3.63, 3.8) is 0 Å². The Hall–Kier alpha value is -2.90. The summed E-state index contributed by atoms with van der Waals surface area (Å²) < 4.78 is 0. The Morgan fingerprint density at radius 3 is 1.22 bits per heavy atom. The molecule has 0 aliphatic carbocycles. The predicted octanol–water partition coefficient (Wildman–Crippen LogP) is 6.73. The molecule has 0 aliphatic rings. The number of aryl methyl sites for hydroxylation is 4.